The number of nitrogens with zero attached hydrogens (tertiary/aromatic N) is 2. The molecule has 2 heterocycles. The fraction of sp³-hybridized carbons (Fsp3) is 0.360. The normalized spacial score (nSPS) is 16.6. The predicted octanol–water partition coefficient (Wildman–Crippen LogP) is 5.34. The SMILES string of the molecule is Cc1cc[n+](C)c(-c2cc3c(cc2C)-c2ccc(C)nc2C32CCCC2)c1. The first-order chi connectivity index (χ1) is 13.0. The first kappa shape index (κ1) is 16.7. The maximum absolute atomic E-state index is 5.06. The van der Waals surface area contributed by atoms with Gasteiger partial charge in [-0.15, -0.1) is 0 Å². The molecule has 0 aliphatic heterocycles. The molecule has 2 nitrogen and oxygen atoms in total. The second kappa shape index (κ2) is 5.76. The summed E-state index contributed by atoms with van der Waals surface area (Å²) >= 11 is 0. The van der Waals surface area contributed by atoms with Gasteiger partial charge in [-0.1, -0.05) is 25.0 Å². The molecule has 27 heavy (non-hydrogen) atoms. The molecule has 1 spiro atoms. The Labute approximate surface area is 161 Å². The Balaban J connectivity index is 1.80. The number of hydrogen-bond donors (Lipinski definition) is 0. The highest BCUT2D eigenvalue weighted by Crippen LogP contribution is 2.57. The van der Waals surface area contributed by atoms with Gasteiger partial charge in [-0.2, -0.15) is 0 Å². The van der Waals surface area contributed by atoms with E-state index in [0.29, 0.717) is 0 Å². The highest BCUT2D eigenvalue weighted by atomic mass is 14.9. The van der Waals surface area contributed by atoms with Gasteiger partial charge in [0.15, 0.2) is 6.20 Å². The molecular formula is C25H27N2+. The largest absolute Gasteiger partial charge is 0.257 e. The second-order valence-corrected chi connectivity index (χ2v) is 8.55. The van der Waals surface area contributed by atoms with Crippen LogP contribution in [-0.2, 0) is 12.5 Å². The average Bonchev–Trinajstić information content (AvgIpc) is 3.22. The van der Waals surface area contributed by atoms with E-state index in [1.165, 1.54) is 70.5 Å². The number of benzene rings is 1. The first-order valence-electron chi connectivity index (χ1n) is 10.1. The summed E-state index contributed by atoms with van der Waals surface area (Å²) in [5.41, 5.74) is 12.2. The number of hydrogen-bond acceptors (Lipinski definition) is 1. The highest BCUT2D eigenvalue weighted by molar-refractivity contribution is 5.83. The van der Waals surface area contributed by atoms with Gasteiger partial charge in [0.1, 0.15) is 7.05 Å². The van der Waals surface area contributed by atoms with E-state index < -0.39 is 0 Å². The van der Waals surface area contributed by atoms with E-state index >= 15 is 0 Å². The Hall–Kier alpha value is -2.48. The fourth-order valence-corrected chi connectivity index (χ4v) is 5.30. The molecule has 0 radical (unpaired) electrons. The van der Waals surface area contributed by atoms with Gasteiger partial charge in [-0.05, 0) is 68.0 Å². The van der Waals surface area contributed by atoms with Gasteiger partial charge in [0, 0.05) is 34.4 Å². The van der Waals surface area contributed by atoms with Crippen LogP contribution in [0.5, 0.6) is 0 Å². The van der Waals surface area contributed by atoms with E-state index in [4.69, 9.17) is 4.98 Å². The zero-order valence-electron chi connectivity index (χ0n) is 16.8. The maximum Gasteiger partial charge on any atom is 0.212 e. The van der Waals surface area contributed by atoms with Crippen LogP contribution in [0.1, 0.15) is 53.8 Å². The van der Waals surface area contributed by atoms with Crippen LogP contribution >= 0.6 is 0 Å². The first-order valence-corrected chi connectivity index (χ1v) is 10.1. The molecule has 3 aromatic rings. The smallest absolute Gasteiger partial charge is 0.212 e. The average molecular weight is 356 g/mol. The zero-order chi connectivity index (χ0) is 18.8. The third-order valence-corrected chi connectivity index (χ3v) is 6.70. The molecule has 2 aliphatic rings. The van der Waals surface area contributed by atoms with Gasteiger partial charge in [-0.3, -0.25) is 4.98 Å². The van der Waals surface area contributed by atoms with Crippen LogP contribution in [0.25, 0.3) is 22.4 Å². The van der Waals surface area contributed by atoms with Gasteiger partial charge >= 0.3 is 0 Å². The standard InChI is InChI=1S/C25H27N2/c1-16-9-12-27(4)23(13-16)20-15-22-21(14-17(20)2)19-8-7-18(3)26-24(19)25(22)10-5-6-11-25/h7-9,12-15H,5-6,10-11H2,1-4H3/q+1. The van der Waals surface area contributed by atoms with E-state index in [9.17, 15) is 0 Å². The van der Waals surface area contributed by atoms with Crippen molar-refractivity contribution in [2.24, 2.45) is 7.05 Å². The van der Waals surface area contributed by atoms with Gasteiger partial charge in [0.05, 0.1) is 5.69 Å². The summed E-state index contributed by atoms with van der Waals surface area (Å²) in [5.74, 6) is 0. The van der Waals surface area contributed by atoms with Crippen molar-refractivity contribution < 1.29 is 4.57 Å². The highest BCUT2D eigenvalue weighted by Gasteiger charge is 2.46. The summed E-state index contributed by atoms with van der Waals surface area (Å²) in [7, 11) is 2.15. The lowest BCUT2D eigenvalue weighted by molar-refractivity contribution is -0.660. The van der Waals surface area contributed by atoms with Crippen molar-refractivity contribution in [3.05, 3.63) is 70.7 Å². The summed E-state index contributed by atoms with van der Waals surface area (Å²) in [6.45, 7) is 6.54. The Kier molecular flexibility index (Phi) is 3.56. The van der Waals surface area contributed by atoms with Gasteiger partial charge in [-0.25, -0.2) is 4.57 Å². The lowest BCUT2D eigenvalue weighted by Gasteiger charge is -2.26. The van der Waals surface area contributed by atoms with Gasteiger partial charge < -0.3 is 0 Å². The van der Waals surface area contributed by atoms with E-state index in [1.54, 1.807) is 0 Å². The van der Waals surface area contributed by atoms with Crippen LogP contribution in [0, 0.1) is 20.8 Å². The van der Waals surface area contributed by atoms with Crippen molar-refractivity contribution in [2.45, 2.75) is 51.9 Å². The molecule has 0 unspecified atom stereocenters. The molecule has 1 aromatic carbocycles. The second-order valence-electron chi connectivity index (χ2n) is 8.55. The summed E-state index contributed by atoms with van der Waals surface area (Å²) in [4.78, 5) is 5.06. The molecule has 2 aliphatic carbocycles. The minimum absolute atomic E-state index is 0.127. The number of rotatable bonds is 1. The third-order valence-electron chi connectivity index (χ3n) is 6.70. The third kappa shape index (κ3) is 2.32. The van der Waals surface area contributed by atoms with Crippen LogP contribution in [0.15, 0.2) is 42.6 Å². The summed E-state index contributed by atoms with van der Waals surface area (Å²) in [6, 6.07) is 13.8. The quantitative estimate of drug-likeness (QED) is 0.539. The van der Waals surface area contributed by atoms with Crippen molar-refractivity contribution in [3.8, 4) is 22.4 Å². The number of fused-ring (bicyclic) bond motifs is 5. The molecule has 0 bridgehead atoms. The van der Waals surface area contributed by atoms with Crippen molar-refractivity contribution in [3.63, 3.8) is 0 Å². The molecule has 1 fully saturated rings. The molecule has 1 saturated carbocycles. The van der Waals surface area contributed by atoms with Gasteiger partial charge in [0.2, 0.25) is 5.69 Å². The van der Waals surface area contributed by atoms with E-state index in [2.05, 4.69) is 75.0 Å². The Morgan fingerprint density at radius 3 is 2.44 bits per heavy atom. The maximum atomic E-state index is 5.06. The van der Waals surface area contributed by atoms with Crippen molar-refractivity contribution >= 4 is 0 Å². The molecule has 0 amide bonds. The number of pyridine rings is 2. The molecular weight excluding hydrogens is 328 g/mol. The molecule has 2 heteroatoms. The fourth-order valence-electron chi connectivity index (χ4n) is 5.30. The van der Waals surface area contributed by atoms with E-state index in [0.717, 1.165) is 5.69 Å². The zero-order valence-corrected chi connectivity index (χ0v) is 16.8. The molecule has 0 atom stereocenters. The number of aryl methyl sites for hydroxylation is 4. The van der Waals surface area contributed by atoms with Crippen LogP contribution in [0.2, 0.25) is 0 Å². The molecule has 2 aromatic heterocycles. The van der Waals surface area contributed by atoms with Crippen LogP contribution < -0.4 is 4.57 Å². The Morgan fingerprint density at radius 1 is 0.889 bits per heavy atom. The molecule has 0 N–H and O–H groups in total. The van der Waals surface area contributed by atoms with E-state index in [-0.39, 0.29) is 5.41 Å². The number of aromatic nitrogens is 2. The monoisotopic (exact) mass is 355 g/mol. The van der Waals surface area contributed by atoms with Crippen LogP contribution in [0.3, 0.4) is 0 Å². The van der Waals surface area contributed by atoms with Crippen molar-refractivity contribution in [1.82, 2.24) is 4.98 Å². The summed E-state index contributed by atoms with van der Waals surface area (Å²) in [6.07, 6.45) is 7.23. The predicted molar refractivity (Wildman–Crippen MR) is 110 cm³/mol. The van der Waals surface area contributed by atoms with E-state index in [1.807, 2.05) is 0 Å². The Bertz CT molecular complexity index is 1070. The molecule has 136 valence electrons. The van der Waals surface area contributed by atoms with Gasteiger partial charge in [0.25, 0.3) is 0 Å². The topological polar surface area (TPSA) is 16.8 Å². The minimum Gasteiger partial charge on any atom is -0.257 e. The molecule has 0 saturated heterocycles. The van der Waals surface area contributed by atoms with Crippen LogP contribution in [0.4, 0.5) is 0 Å². The lowest BCUT2D eigenvalue weighted by Crippen LogP contribution is -2.31. The Morgan fingerprint density at radius 2 is 1.67 bits per heavy atom. The van der Waals surface area contributed by atoms with Crippen LogP contribution in [-0.4, -0.2) is 4.98 Å². The summed E-state index contributed by atoms with van der Waals surface area (Å²) in [5, 5.41) is 0. The summed E-state index contributed by atoms with van der Waals surface area (Å²) < 4.78 is 2.24. The lowest BCUT2D eigenvalue weighted by atomic mass is 9.78. The van der Waals surface area contributed by atoms with Crippen molar-refractivity contribution in [1.29, 1.82) is 0 Å². The molecule has 5 rings (SSSR count). The van der Waals surface area contributed by atoms with Crippen molar-refractivity contribution in [2.75, 3.05) is 0 Å². The minimum atomic E-state index is 0.127.